The molecule has 5 heteroatoms. The SMILES string of the molecule is CCn1ncc(N)c1C(=O)OCc1ccccc1. The zero-order chi connectivity index (χ0) is 13.0. The molecule has 18 heavy (non-hydrogen) atoms. The van der Waals surface area contributed by atoms with Gasteiger partial charge in [0, 0.05) is 6.54 Å². The van der Waals surface area contributed by atoms with E-state index < -0.39 is 5.97 Å². The fourth-order valence-corrected chi connectivity index (χ4v) is 1.65. The van der Waals surface area contributed by atoms with Gasteiger partial charge in [-0.1, -0.05) is 30.3 Å². The van der Waals surface area contributed by atoms with Crippen LogP contribution in [-0.4, -0.2) is 15.7 Å². The average molecular weight is 245 g/mol. The molecule has 0 spiro atoms. The lowest BCUT2D eigenvalue weighted by Crippen LogP contribution is -2.14. The molecule has 1 aromatic carbocycles. The Bertz CT molecular complexity index is 534. The third-order valence-corrected chi connectivity index (χ3v) is 2.57. The Labute approximate surface area is 105 Å². The maximum atomic E-state index is 11.9. The van der Waals surface area contributed by atoms with E-state index in [0.717, 1.165) is 5.56 Å². The second-order valence-corrected chi connectivity index (χ2v) is 3.83. The Balaban J connectivity index is 2.06. The number of anilines is 1. The van der Waals surface area contributed by atoms with Crippen molar-refractivity contribution in [3.8, 4) is 0 Å². The Kier molecular flexibility index (Phi) is 3.62. The summed E-state index contributed by atoms with van der Waals surface area (Å²) >= 11 is 0. The molecule has 2 aromatic rings. The number of ether oxygens (including phenoxy) is 1. The van der Waals surface area contributed by atoms with Crippen LogP contribution in [-0.2, 0) is 17.9 Å². The molecule has 0 saturated carbocycles. The fourth-order valence-electron chi connectivity index (χ4n) is 1.65. The first-order chi connectivity index (χ1) is 8.72. The number of nitrogen functional groups attached to an aromatic ring is 1. The zero-order valence-electron chi connectivity index (χ0n) is 10.2. The Morgan fingerprint density at radius 1 is 1.39 bits per heavy atom. The molecule has 1 aromatic heterocycles. The number of carbonyl (C=O) groups excluding carboxylic acids is 1. The normalized spacial score (nSPS) is 10.3. The van der Waals surface area contributed by atoms with Crippen LogP contribution in [0.4, 0.5) is 5.69 Å². The van der Waals surface area contributed by atoms with Crippen LogP contribution in [0.2, 0.25) is 0 Å². The van der Waals surface area contributed by atoms with Crippen molar-refractivity contribution in [3.63, 3.8) is 0 Å². The molecule has 0 fully saturated rings. The Morgan fingerprint density at radius 3 is 2.78 bits per heavy atom. The fraction of sp³-hybridized carbons (Fsp3) is 0.231. The molecule has 0 atom stereocenters. The van der Waals surface area contributed by atoms with Crippen LogP contribution in [0.5, 0.6) is 0 Å². The van der Waals surface area contributed by atoms with E-state index in [1.165, 1.54) is 10.9 Å². The average Bonchev–Trinajstić information content (AvgIpc) is 2.78. The van der Waals surface area contributed by atoms with Crippen molar-refractivity contribution in [1.29, 1.82) is 0 Å². The maximum Gasteiger partial charge on any atom is 0.359 e. The number of nitrogens with zero attached hydrogens (tertiary/aromatic N) is 2. The second kappa shape index (κ2) is 5.35. The minimum Gasteiger partial charge on any atom is -0.456 e. The van der Waals surface area contributed by atoms with Gasteiger partial charge < -0.3 is 10.5 Å². The molecule has 0 unspecified atom stereocenters. The van der Waals surface area contributed by atoms with E-state index >= 15 is 0 Å². The summed E-state index contributed by atoms with van der Waals surface area (Å²) in [5.74, 6) is -0.448. The predicted molar refractivity (Wildman–Crippen MR) is 67.9 cm³/mol. The van der Waals surface area contributed by atoms with Gasteiger partial charge in [0.25, 0.3) is 0 Å². The number of benzene rings is 1. The van der Waals surface area contributed by atoms with Gasteiger partial charge in [-0.3, -0.25) is 4.68 Å². The number of nitrogens with two attached hydrogens (primary N) is 1. The standard InChI is InChI=1S/C13H15N3O2/c1-2-16-12(11(14)8-15-16)13(17)18-9-10-6-4-3-5-7-10/h3-8H,2,9,14H2,1H3. The molecule has 2 N–H and O–H groups in total. The molecular weight excluding hydrogens is 230 g/mol. The van der Waals surface area contributed by atoms with Crippen LogP contribution in [0, 0.1) is 0 Å². The van der Waals surface area contributed by atoms with Crippen molar-refractivity contribution in [2.45, 2.75) is 20.1 Å². The van der Waals surface area contributed by atoms with E-state index in [2.05, 4.69) is 5.10 Å². The third kappa shape index (κ3) is 2.51. The highest BCUT2D eigenvalue weighted by Gasteiger charge is 2.17. The van der Waals surface area contributed by atoms with Gasteiger partial charge in [-0.05, 0) is 12.5 Å². The first kappa shape index (κ1) is 12.2. The second-order valence-electron chi connectivity index (χ2n) is 3.83. The van der Waals surface area contributed by atoms with Crippen molar-refractivity contribution >= 4 is 11.7 Å². The number of aryl methyl sites for hydroxylation is 1. The molecule has 94 valence electrons. The lowest BCUT2D eigenvalue weighted by Gasteiger charge is -2.07. The van der Waals surface area contributed by atoms with Crippen LogP contribution >= 0.6 is 0 Å². The summed E-state index contributed by atoms with van der Waals surface area (Å²) in [6, 6.07) is 9.50. The molecule has 5 nitrogen and oxygen atoms in total. The van der Waals surface area contributed by atoms with E-state index in [1.807, 2.05) is 37.3 Å². The third-order valence-electron chi connectivity index (χ3n) is 2.57. The van der Waals surface area contributed by atoms with Gasteiger partial charge in [-0.2, -0.15) is 5.10 Å². The van der Waals surface area contributed by atoms with Crippen molar-refractivity contribution in [2.75, 3.05) is 5.73 Å². The Morgan fingerprint density at radius 2 is 2.11 bits per heavy atom. The van der Waals surface area contributed by atoms with Gasteiger partial charge >= 0.3 is 5.97 Å². The van der Waals surface area contributed by atoms with Gasteiger partial charge in [0.2, 0.25) is 0 Å². The summed E-state index contributed by atoms with van der Waals surface area (Å²) < 4.78 is 6.75. The van der Waals surface area contributed by atoms with E-state index in [-0.39, 0.29) is 6.61 Å². The smallest absolute Gasteiger partial charge is 0.359 e. The Hall–Kier alpha value is -2.30. The number of carbonyl (C=O) groups is 1. The van der Waals surface area contributed by atoms with Crippen molar-refractivity contribution < 1.29 is 9.53 Å². The largest absolute Gasteiger partial charge is 0.456 e. The summed E-state index contributed by atoms with van der Waals surface area (Å²) in [7, 11) is 0. The zero-order valence-corrected chi connectivity index (χ0v) is 10.2. The van der Waals surface area contributed by atoms with Crippen molar-refractivity contribution in [2.24, 2.45) is 0 Å². The number of esters is 1. The lowest BCUT2D eigenvalue weighted by molar-refractivity contribution is 0.0459. The quantitative estimate of drug-likeness (QED) is 0.834. The van der Waals surface area contributed by atoms with Gasteiger partial charge in [0.15, 0.2) is 5.69 Å². The monoisotopic (exact) mass is 245 g/mol. The van der Waals surface area contributed by atoms with E-state index in [1.54, 1.807) is 0 Å². The number of rotatable bonds is 4. The molecule has 0 bridgehead atoms. The van der Waals surface area contributed by atoms with E-state index in [9.17, 15) is 4.79 Å². The van der Waals surface area contributed by atoms with Gasteiger partial charge in [0.05, 0.1) is 11.9 Å². The minimum atomic E-state index is -0.448. The first-order valence-electron chi connectivity index (χ1n) is 5.74. The van der Waals surface area contributed by atoms with Crippen molar-refractivity contribution in [1.82, 2.24) is 9.78 Å². The van der Waals surface area contributed by atoms with Gasteiger partial charge in [-0.25, -0.2) is 4.79 Å². The van der Waals surface area contributed by atoms with Crippen LogP contribution < -0.4 is 5.73 Å². The first-order valence-corrected chi connectivity index (χ1v) is 5.74. The highest BCUT2D eigenvalue weighted by atomic mass is 16.5. The van der Waals surface area contributed by atoms with Crippen molar-refractivity contribution in [3.05, 3.63) is 47.8 Å². The number of hydrogen-bond donors (Lipinski definition) is 1. The molecule has 1 heterocycles. The van der Waals surface area contributed by atoms with Crippen LogP contribution in [0.25, 0.3) is 0 Å². The van der Waals surface area contributed by atoms with E-state index in [0.29, 0.717) is 17.9 Å². The van der Waals surface area contributed by atoms with Gasteiger partial charge in [0.1, 0.15) is 6.61 Å². The van der Waals surface area contributed by atoms with Crippen LogP contribution in [0.3, 0.4) is 0 Å². The number of aromatic nitrogens is 2. The lowest BCUT2D eigenvalue weighted by atomic mass is 10.2. The highest BCUT2D eigenvalue weighted by molar-refractivity contribution is 5.93. The maximum absolute atomic E-state index is 11.9. The summed E-state index contributed by atoms with van der Waals surface area (Å²) in [5, 5.41) is 4.00. The molecule has 2 rings (SSSR count). The summed E-state index contributed by atoms with van der Waals surface area (Å²) in [5.41, 5.74) is 7.30. The van der Waals surface area contributed by atoms with Crippen LogP contribution in [0.15, 0.2) is 36.5 Å². The molecule has 0 aliphatic rings. The molecule has 0 aliphatic carbocycles. The minimum absolute atomic E-state index is 0.230. The number of hydrogen-bond acceptors (Lipinski definition) is 4. The molecule has 0 radical (unpaired) electrons. The predicted octanol–water partition coefficient (Wildman–Crippen LogP) is 1.84. The molecule has 0 aliphatic heterocycles. The topological polar surface area (TPSA) is 70.1 Å². The summed E-state index contributed by atoms with van der Waals surface area (Å²) in [6.07, 6.45) is 1.46. The summed E-state index contributed by atoms with van der Waals surface area (Å²) in [6.45, 7) is 2.70. The summed E-state index contributed by atoms with van der Waals surface area (Å²) in [4.78, 5) is 11.9. The van der Waals surface area contributed by atoms with Gasteiger partial charge in [-0.15, -0.1) is 0 Å². The molecule has 0 amide bonds. The molecule has 0 saturated heterocycles. The van der Waals surface area contributed by atoms with E-state index in [4.69, 9.17) is 10.5 Å². The highest BCUT2D eigenvalue weighted by Crippen LogP contribution is 2.13. The van der Waals surface area contributed by atoms with Crippen LogP contribution in [0.1, 0.15) is 23.0 Å². The molecular formula is C13H15N3O2.